The van der Waals surface area contributed by atoms with Gasteiger partial charge in [-0.1, -0.05) is 66.7 Å². The summed E-state index contributed by atoms with van der Waals surface area (Å²) in [5.41, 5.74) is 1.87. The van der Waals surface area contributed by atoms with Crippen LogP contribution in [0, 0.1) is 0 Å². The topological polar surface area (TPSA) is 55.4 Å². The predicted molar refractivity (Wildman–Crippen MR) is 104 cm³/mol. The van der Waals surface area contributed by atoms with Crippen LogP contribution in [0.15, 0.2) is 60.7 Å². The standard InChI is InChI=1S/C22H25NO3/c1-22(2,3)26-21(25)23-16-8-7-9-17-12-14-19(15-13-17)20(24)18-10-5-4-6-11-18/h4-7,9-15H,8,16H2,1-3H3,(H,23,25). The van der Waals surface area contributed by atoms with Gasteiger partial charge in [0.15, 0.2) is 5.78 Å². The van der Waals surface area contributed by atoms with Crippen LogP contribution in [0.25, 0.3) is 6.08 Å². The maximum atomic E-state index is 12.3. The highest BCUT2D eigenvalue weighted by Gasteiger charge is 2.15. The first-order chi connectivity index (χ1) is 12.3. The van der Waals surface area contributed by atoms with Gasteiger partial charge in [0.1, 0.15) is 5.60 Å². The predicted octanol–water partition coefficient (Wildman–Crippen LogP) is 4.85. The summed E-state index contributed by atoms with van der Waals surface area (Å²) < 4.78 is 5.17. The van der Waals surface area contributed by atoms with Gasteiger partial charge in [-0.05, 0) is 32.8 Å². The summed E-state index contributed by atoms with van der Waals surface area (Å²) in [5, 5.41) is 2.71. The van der Waals surface area contributed by atoms with Crippen LogP contribution < -0.4 is 5.32 Å². The molecule has 0 heterocycles. The number of rotatable bonds is 6. The Morgan fingerprint density at radius 1 is 0.962 bits per heavy atom. The van der Waals surface area contributed by atoms with E-state index < -0.39 is 11.7 Å². The molecular formula is C22H25NO3. The van der Waals surface area contributed by atoms with Crippen molar-refractivity contribution in [3.05, 3.63) is 77.4 Å². The van der Waals surface area contributed by atoms with Crippen molar-refractivity contribution in [1.82, 2.24) is 5.32 Å². The number of benzene rings is 2. The Morgan fingerprint density at radius 2 is 1.58 bits per heavy atom. The highest BCUT2D eigenvalue weighted by Crippen LogP contribution is 2.12. The van der Waals surface area contributed by atoms with Gasteiger partial charge in [0, 0.05) is 17.7 Å². The van der Waals surface area contributed by atoms with Crippen LogP contribution in [0.5, 0.6) is 0 Å². The third-order valence-electron chi connectivity index (χ3n) is 3.50. The third kappa shape index (κ3) is 6.55. The molecular weight excluding hydrogens is 326 g/mol. The van der Waals surface area contributed by atoms with Crippen molar-refractivity contribution < 1.29 is 14.3 Å². The third-order valence-corrected chi connectivity index (χ3v) is 3.50. The molecule has 2 aromatic carbocycles. The number of carbonyl (C=O) groups is 2. The molecule has 4 heteroatoms. The molecule has 0 aliphatic rings. The lowest BCUT2D eigenvalue weighted by atomic mass is 10.0. The first-order valence-electron chi connectivity index (χ1n) is 8.68. The second kappa shape index (κ2) is 8.99. The van der Waals surface area contributed by atoms with E-state index in [0.717, 1.165) is 5.56 Å². The zero-order valence-electron chi connectivity index (χ0n) is 15.5. The van der Waals surface area contributed by atoms with E-state index in [1.807, 2.05) is 87.5 Å². The van der Waals surface area contributed by atoms with Crippen LogP contribution >= 0.6 is 0 Å². The van der Waals surface area contributed by atoms with Gasteiger partial charge in [0.05, 0.1) is 0 Å². The number of ether oxygens (including phenoxy) is 1. The molecule has 0 spiro atoms. The molecule has 0 saturated heterocycles. The van der Waals surface area contributed by atoms with E-state index >= 15 is 0 Å². The molecule has 0 aliphatic heterocycles. The fraction of sp³-hybridized carbons (Fsp3) is 0.273. The molecule has 0 unspecified atom stereocenters. The molecule has 136 valence electrons. The maximum absolute atomic E-state index is 12.3. The number of hydrogen-bond acceptors (Lipinski definition) is 3. The van der Waals surface area contributed by atoms with Gasteiger partial charge in [-0.3, -0.25) is 4.79 Å². The van der Waals surface area contributed by atoms with Crippen LogP contribution in [-0.4, -0.2) is 24.0 Å². The van der Waals surface area contributed by atoms with Crippen molar-refractivity contribution in [1.29, 1.82) is 0 Å². The Hall–Kier alpha value is -2.88. The minimum atomic E-state index is -0.487. The van der Waals surface area contributed by atoms with Crippen LogP contribution in [0.4, 0.5) is 4.79 Å². The van der Waals surface area contributed by atoms with Gasteiger partial charge in [-0.2, -0.15) is 0 Å². The number of alkyl carbamates (subject to hydrolysis) is 1. The van der Waals surface area contributed by atoms with E-state index in [-0.39, 0.29) is 5.78 Å². The van der Waals surface area contributed by atoms with Gasteiger partial charge in [-0.25, -0.2) is 4.79 Å². The molecule has 0 saturated carbocycles. The molecule has 0 aliphatic carbocycles. The quantitative estimate of drug-likeness (QED) is 0.598. The molecule has 26 heavy (non-hydrogen) atoms. The first kappa shape index (κ1) is 19.4. The molecule has 0 fully saturated rings. The fourth-order valence-electron chi connectivity index (χ4n) is 2.29. The van der Waals surface area contributed by atoms with Crippen LogP contribution in [0.3, 0.4) is 0 Å². The van der Waals surface area contributed by atoms with Crippen molar-refractivity contribution in [2.45, 2.75) is 32.8 Å². The second-order valence-corrected chi connectivity index (χ2v) is 6.94. The first-order valence-corrected chi connectivity index (χ1v) is 8.68. The molecule has 0 aromatic heterocycles. The van der Waals surface area contributed by atoms with E-state index in [0.29, 0.717) is 24.1 Å². The molecule has 0 radical (unpaired) electrons. The van der Waals surface area contributed by atoms with Gasteiger partial charge >= 0.3 is 6.09 Å². The number of amides is 1. The van der Waals surface area contributed by atoms with E-state index in [1.54, 1.807) is 0 Å². The summed E-state index contributed by atoms with van der Waals surface area (Å²) in [6.07, 6.45) is 4.23. The SMILES string of the molecule is CC(C)(C)OC(=O)NCCC=Cc1ccc(C(=O)c2ccccc2)cc1. The molecule has 4 nitrogen and oxygen atoms in total. The molecule has 1 N–H and O–H groups in total. The largest absolute Gasteiger partial charge is 0.444 e. The highest BCUT2D eigenvalue weighted by atomic mass is 16.6. The van der Waals surface area contributed by atoms with Crippen molar-refractivity contribution in [3.8, 4) is 0 Å². The van der Waals surface area contributed by atoms with E-state index in [4.69, 9.17) is 4.74 Å². The van der Waals surface area contributed by atoms with Crippen LogP contribution in [0.1, 0.15) is 48.7 Å². The average Bonchev–Trinajstić information content (AvgIpc) is 2.60. The summed E-state index contributed by atoms with van der Waals surface area (Å²) in [6.45, 7) is 6.01. The zero-order valence-corrected chi connectivity index (χ0v) is 15.5. The van der Waals surface area contributed by atoms with Crippen LogP contribution in [0.2, 0.25) is 0 Å². The van der Waals surface area contributed by atoms with E-state index in [2.05, 4.69) is 5.32 Å². The number of ketones is 1. The Morgan fingerprint density at radius 3 is 2.19 bits per heavy atom. The Labute approximate surface area is 154 Å². The zero-order chi connectivity index (χ0) is 19.0. The summed E-state index contributed by atoms with van der Waals surface area (Å²) >= 11 is 0. The Bertz CT molecular complexity index is 756. The fourth-order valence-corrected chi connectivity index (χ4v) is 2.29. The van der Waals surface area contributed by atoms with Crippen molar-refractivity contribution in [3.63, 3.8) is 0 Å². The lowest BCUT2D eigenvalue weighted by Gasteiger charge is -2.19. The molecule has 1 amide bonds. The molecule has 2 rings (SSSR count). The van der Waals surface area contributed by atoms with Crippen LogP contribution in [-0.2, 0) is 4.74 Å². The van der Waals surface area contributed by atoms with Crippen molar-refractivity contribution in [2.24, 2.45) is 0 Å². The van der Waals surface area contributed by atoms with E-state index in [1.165, 1.54) is 0 Å². The second-order valence-electron chi connectivity index (χ2n) is 6.94. The summed E-state index contributed by atoms with van der Waals surface area (Å²) in [4.78, 5) is 23.9. The van der Waals surface area contributed by atoms with Crippen molar-refractivity contribution >= 4 is 18.0 Å². The Kier molecular flexibility index (Phi) is 6.73. The minimum absolute atomic E-state index is 0.0164. The minimum Gasteiger partial charge on any atom is -0.444 e. The number of carbonyl (C=O) groups excluding carboxylic acids is 2. The lowest BCUT2D eigenvalue weighted by molar-refractivity contribution is 0.0528. The lowest BCUT2D eigenvalue weighted by Crippen LogP contribution is -2.32. The monoisotopic (exact) mass is 351 g/mol. The average molecular weight is 351 g/mol. The Balaban J connectivity index is 1.81. The number of nitrogens with one attached hydrogen (secondary N) is 1. The highest BCUT2D eigenvalue weighted by molar-refractivity contribution is 6.09. The maximum Gasteiger partial charge on any atom is 0.407 e. The molecule has 2 aromatic rings. The van der Waals surface area contributed by atoms with E-state index in [9.17, 15) is 9.59 Å². The number of hydrogen-bond donors (Lipinski definition) is 1. The molecule has 0 atom stereocenters. The molecule has 0 bridgehead atoms. The van der Waals surface area contributed by atoms with Gasteiger partial charge < -0.3 is 10.1 Å². The van der Waals surface area contributed by atoms with Crippen molar-refractivity contribution in [2.75, 3.05) is 6.54 Å². The summed E-state index contributed by atoms with van der Waals surface area (Å²) in [7, 11) is 0. The smallest absolute Gasteiger partial charge is 0.407 e. The summed E-state index contributed by atoms with van der Waals surface area (Å²) in [6, 6.07) is 16.7. The van der Waals surface area contributed by atoms with Gasteiger partial charge in [0.25, 0.3) is 0 Å². The van der Waals surface area contributed by atoms with Gasteiger partial charge in [0.2, 0.25) is 0 Å². The van der Waals surface area contributed by atoms with Gasteiger partial charge in [-0.15, -0.1) is 0 Å². The summed E-state index contributed by atoms with van der Waals surface area (Å²) in [5.74, 6) is 0.0164. The normalized spacial score (nSPS) is 11.3.